The number of nitrogens with zero attached hydrogens (tertiary/aromatic N) is 1. The van der Waals surface area contributed by atoms with Crippen molar-refractivity contribution in [3.05, 3.63) is 65.4 Å². The number of aliphatic hydroxyl groups excluding tert-OH is 1. The Morgan fingerprint density at radius 1 is 1.00 bits per heavy atom. The topological polar surface area (TPSA) is 85.4 Å². The molecule has 2 amide bonds. The van der Waals surface area contributed by atoms with Crippen molar-refractivity contribution in [2.75, 3.05) is 18.4 Å². The Hall–Kier alpha value is -3.12. The highest BCUT2D eigenvalue weighted by Gasteiger charge is 2.31. The van der Waals surface area contributed by atoms with Crippen LogP contribution in [0.4, 0.5) is 5.69 Å². The summed E-state index contributed by atoms with van der Waals surface area (Å²) in [7, 11) is 0. The van der Waals surface area contributed by atoms with E-state index in [0.29, 0.717) is 17.4 Å². The van der Waals surface area contributed by atoms with Crippen molar-refractivity contribution >= 4 is 28.4 Å². The molecular weight excluding hydrogens is 414 g/mol. The summed E-state index contributed by atoms with van der Waals surface area (Å²) in [6.07, 6.45) is 8.52. The molecule has 1 saturated carbocycles. The van der Waals surface area contributed by atoms with Gasteiger partial charge in [-0.25, -0.2) is 0 Å². The molecular formula is C27H31N3O3. The van der Waals surface area contributed by atoms with Crippen LogP contribution in [0, 0.1) is 5.92 Å². The summed E-state index contributed by atoms with van der Waals surface area (Å²) in [5.41, 5.74) is 4.41. The van der Waals surface area contributed by atoms with Crippen molar-refractivity contribution in [2.24, 2.45) is 5.92 Å². The van der Waals surface area contributed by atoms with Gasteiger partial charge in [0.25, 0.3) is 5.91 Å². The van der Waals surface area contributed by atoms with Crippen LogP contribution in [0.2, 0.25) is 0 Å². The third kappa shape index (κ3) is 4.53. The van der Waals surface area contributed by atoms with Gasteiger partial charge in [-0.1, -0.05) is 25.0 Å². The lowest BCUT2D eigenvalue weighted by atomic mass is 9.88. The number of benzene rings is 2. The lowest BCUT2D eigenvalue weighted by Crippen LogP contribution is -2.40. The number of amides is 2. The zero-order chi connectivity index (χ0) is 22.8. The highest BCUT2D eigenvalue weighted by molar-refractivity contribution is 6.05. The molecule has 2 aromatic carbocycles. The molecule has 172 valence electrons. The van der Waals surface area contributed by atoms with Gasteiger partial charge in [-0.15, -0.1) is 0 Å². The largest absolute Gasteiger partial charge is 0.392 e. The number of rotatable bonds is 5. The molecule has 0 spiro atoms. The molecule has 0 radical (unpaired) electrons. The molecule has 6 heteroatoms. The highest BCUT2D eigenvalue weighted by Crippen LogP contribution is 2.35. The van der Waals surface area contributed by atoms with Crippen molar-refractivity contribution in [3.8, 4) is 0 Å². The first-order valence-corrected chi connectivity index (χ1v) is 12.0. The second-order valence-corrected chi connectivity index (χ2v) is 9.39. The van der Waals surface area contributed by atoms with E-state index in [4.69, 9.17) is 0 Å². The average molecular weight is 446 g/mol. The smallest absolute Gasteiger partial charge is 0.255 e. The summed E-state index contributed by atoms with van der Waals surface area (Å²) in [4.78, 5) is 30.9. The summed E-state index contributed by atoms with van der Waals surface area (Å²) in [6, 6.07) is 12.9. The first kappa shape index (κ1) is 21.7. The number of likely N-dealkylation sites (tertiary alicyclic amines) is 1. The maximum absolute atomic E-state index is 12.8. The Balaban J connectivity index is 1.27. The zero-order valence-electron chi connectivity index (χ0n) is 18.8. The van der Waals surface area contributed by atoms with E-state index in [1.165, 1.54) is 18.4 Å². The standard InChI is InChI=1S/C27H31N3O3/c31-17-18-5-7-20(8-6-18)26(32)29-22-9-10-25-23(15-22)24(16-28-25)19-11-13-30(14-12-19)27(33)21-3-1-2-4-21/h5-10,15-16,19,21,28,31H,1-4,11-14,17H2,(H,29,32). The molecule has 1 aliphatic carbocycles. The third-order valence-corrected chi connectivity index (χ3v) is 7.32. The fourth-order valence-corrected chi connectivity index (χ4v) is 5.36. The van der Waals surface area contributed by atoms with Crippen molar-refractivity contribution in [1.29, 1.82) is 0 Å². The summed E-state index contributed by atoms with van der Waals surface area (Å²) in [6.45, 7) is 1.61. The van der Waals surface area contributed by atoms with Crippen LogP contribution in [-0.4, -0.2) is 39.9 Å². The maximum Gasteiger partial charge on any atom is 0.255 e. The van der Waals surface area contributed by atoms with E-state index < -0.39 is 0 Å². The Morgan fingerprint density at radius 3 is 2.42 bits per heavy atom. The quantitative estimate of drug-likeness (QED) is 0.527. The van der Waals surface area contributed by atoms with Crippen LogP contribution in [-0.2, 0) is 11.4 Å². The number of aliphatic hydroxyl groups is 1. The molecule has 2 aliphatic rings. The minimum Gasteiger partial charge on any atom is -0.392 e. The van der Waals surface area contributed by atoms with Gasteiger partial charge < -0.3 is 20.3 Å². The number of hydrogen-bond donors (Lipinski definition) is 3. The number of fused-ring (bicyclic) bond motifs is 1. The van der Waals surface area contributed by atoms with Crippen LogP contribution in [0.15, 0.2) is 48.7 Å². The van der Waals surface area contributed by atoms with E-state index in [0.717, 1.165) is 60.9 Å². The Kier molecular flexibility index (Phi) is 6.18. The number of hydrogen-bond acceptors (Lipinski definition) is 3. The monoisotopic (exact) mass is 445 g/mol. The van der Waals surface area contributed by atoms with Gasteiger partial charge in [0.15, 0.2) is 0 Å². The number of carbonyl (C=O) groups is 2. The van der Waals surface area contributed by atoms with Crippen LogP contribution in [0.5, 0.6) is 0 Å². The molecule has 0 bridgehead atoms. The summed E-state index contributed by atoms with van der Waals surface area (Å²) < 4.78 is 0. The van der Waals surface area contributed by atoms with Crippen LogP contribution in [0.3, 0.4) is 0 Å². The van der Waals surface area contributed by atoms with Crippen LogP contribution < -0.4 is 5.32 Å². The van der Waals surface area contributed by atoms with Gasteiger partial charge in [0.05, 0.1) is 6.61 Å². The lowest BCUT2D eigenvalue weighted by Gasteiger charge is -2.33. The molecule has 2 fully saturated rings. The Morgan fingerprint density at radius 2 is 1.73 bits per heavy atom. The minimum absolute atomic E-state index is 0.0392. The van der Waals surface area contributed by atoms with E-state index in [9.17, 15) is 14.7 Å². The molecule has 5 rings (SSSR count). The van der Waals surface area contributed by atoms with E-state index in [1.807, 2.05) is 18.2 Å². The lowest BCUT2D eigenvalue weighted by molar-refractivity contribution is -0.136. The van der Waals surface area contributed by atoms with Crippen LogP contribution >= 0.6 is 0 Å². The van der Waals surface area contributed by atoms with Gasteiger partial charge in [-0.05, 0) is 73.1 Å². The van der Waals surface area contributed by atoms with E-state index >= 15 is 0 Å². The summed E-state index contributed by atoms with van der Waals surface area (Å²) >= 11 is 0. The van der Waals surface area contributed by atoms with Crippen LogP contribution in [0.1, 0.15) is 65.9 Å². The zero-order valence-corrected chi connectivity index (χ0v) is 18.8. The van der Waals surface area contributed by atoms with Gasteiger partial charge in [-0.2, -0.15) is 0 Å². The van der Waals surface area contributed by atoms with Gasteiger partial charge in [-0.3, -0.25) is 9.59 Å². The van der Waals surface area contributed by atoms with Crippen molar-refractivity contribution < 1.29 is 14.7 Å². The molecule has 1 aliphatic heterocycles. The fourth-order valence-electron chi connectivity index (χ4n) is 5.36. The average Bonchev–Trinajstić information content (AvgIpc) is 3.54. The SMILES string of the molecule is O=C(Nc1ccc2[nH]cc(C3CCN(C(=O)C4CCCC4)CC3)c2c1)c1ccc(CO)cc1. The fraction of sp³-hybridized carbons (Fsp3) is 0.407. The number of anilines is 1. The predicted octanol–water partition coefficient (Wildman–Crippen LogP) is 4.81. The summed E-state index contributed by atoms with van der Waals surface area (Å²) in [5, 5.41) is 13.3. The molecule has 33 heavy (non-hydrogen) atoms. The van der Waals surface area contributed by atoms with Gasteiger partial charge in [0.1, 0.15) is 0 Å². The number of aromatic nitrogens is 1. The second kappa shape index (κ2) is 9.40. The second-order valence-electron chi connectivity index (χ2n) is 9.39. The number of aromatic amines is 1. The molecule has 1 aromatic heterocycles. The molecule has 0 atom stereocenters. The molecule has 2 heterocycles. The molecule has 1 saturated heterocycles. The Bertz CT molecular complexity index is 1140. The van der Waals surface area contributed by atoms with Crippen molar-refractivity contribution in [1.82, 2.24) is 9.88 Å². The first-order chi connectivity index (χ1) is 16.1. The van der Waals surface area contributed by atoms with Crippen molar-refractivity contribution in [3.63, 3.8) is 0 Å². The molecule has 3 N–H and O–H groups in total. The van der Waals surface area contributed by atoms with E-state index in [2.05, 4.69) is 21.4 Å². The highest BCUT2D eigenvalue weighted by atomic mass is 16.3. The molecule has 0 unspecified atom stereocenters. The van der Waals surface area contributed by atoms with Crippen LogP contribution in [0.25, 0.3) is 10.9 Å². The maximum atomic E-state index is 12.8. The molecule has 6 nitrogen and oxygen atoms in total. The number of H-pyrrole nitrogens is 1. The summed E-state index contributed by atoms with van der Waals surface area (Å²) in [5.74, 6) is 0.848. The minimum atomic E-state index is -0.172. The molecule has 3 aromatic rings. The number of carbonyl (C=O) groups excluding carboxylic acids is 2. The van der Waals surface area contributed by atoms with E-state index in [-0.39, 0.29) is 18.4 Å². The predicted molar refractivity (Wildman–Crippen MR) is 129 cm³/mol. The number of piperidine rings is 1. The Labute approximate surface area is 194 Å². The first-order valence-electron chi connectivity index (χ1n) is 12.0. The van der Waals surface area contributed by atoms with Gasteiger partial charge in [0.2, 0.25) is 5.91 Å². The normalized spacial score (nSPS) is 17.5. The van der Waals surface area contributed by atoms with Gasteiger partial charge in [0, 0.05) is 47.4 Å². The number of nitrogens with one attached hydrogen (secondary N) is 2. The van der Waals surface area contributed by atoms with E-state index in [1.54, 1.807) is 24.3 Å². The van der Waals surface area contributed by atoms with Crippen molar-refractivity contribution in [2.45, 2.75) is 51.0 Å². The van der Waals surface area contributed by atoms with Gasteiger partial charge >= 0.3 is 0 Å². The third-order valence-electron chi connectivity index (χ3n) is 7.32.